The minimum Gasteiger partial charge on any atom is -0.492 e. The number of para-hydroxylation sites is 1. The third-order valence-corrected chi connectivity index (χ3v) is 3.31. The Hall–Kier alpha value is -2.27. The maximum Gasteiger partial charge on any atom is 0.338 e. The van der Waals surface area contributed by atoms with Crippen LogP contribution < -0.4 is 4.74 Å². The van der Waals surface area contributed by atoms with E-state index in [9.17, 15) is 4.79 Å². The van der Waals surface area contributed by atoms with Gasteiger partial charge >= 0.3 is 5.97 Å². The number of carboxylic acids is 1. The Kier molecular flexibility index (Phi) is 3.43. The van der Waals surface area contributed by atoms with Gasteiger partial charge in [-0.25, -0.2) is 4.79 Å². The van der Waals surface area contributed by atoms with Crippen molar-refractivity contribution in [2.75, 3.05) is 13.2 Å². The van der Waals surface area contributed by atoms with Crippen LogP contribution in [0.1, 0.15) is 21.7 Å². The van der Waals surface area contributed by atoms with Crippen molar-refractivity contribution in [3.05, 3.63) is 53.5 Å². The number of fused-ring (bicyclic) bond motifs is 1. The maximum absolute atomic E-state index is 10.8. The van der Waals surface area contributed by atoms with E-state index >= 15 is 0 Å². The molecule has 5 nitrogen and oxygen atoms in total. The molecule has 0 atom stereocenters. The molecule has 2 heterocycles. The summed E-state index contributed by atoms with van der Waals surface area (Å²) < 4.78 is 11.0. The van der Waals surface area contributed by atoms with Crippen molar-refractivity contribution in [3.63, 3.8) is 0 Å². The van der Waals surface area contributed by atoms with Crippen LogP contribution in [-0.2, 0) is 13.1 Å². The monoisotopic (exact) mass is 273 g/mol. The first-order valence-electron chi connectivity index (χ1n) is 6.46. The fraction of sp³-hybridized carbons (Fsp3) is 0.267. The van der Waals surface area contributed by atoms with E-state index in [0.29, 0.717) is 18.9 Å². The van der Waals surface area contributed by atoms with E-state index in [1.807, 2.05) is 24.3 Å². The zero-order valence-corrected chi connectivity index (χ0v) is 10.9. The number of benzene rings is 1. The van der Waals surface area contributed by atoms with Crippen LogP contribution in [0, 0.1) is 0 Å². The molecule has 3 rings (SSSR count). The number of hydrogen-bond donors (Lipinski definition) is 1. The molecule has 0 saturated carbocycles. The molecule has 0 fully saturated rings. The third kappa shape index (κ3) is 2.67. The summed E-state index contributed by atoms with van der Waals surface area (Å²) >= 11 is 0. The van der Waals surface area contributed by atoms with Crippen molar-refractivity contribution < 1.29 is 19.1 Å². The summed E-state index contributed by atoms with van der Waals surface area (Å²) in [6, 6.07) is 9.52. The van der Waals surface area contributed by atoms with Crippen molar-refractivity contribution in [1.29, 1.82) is 0 Å². The van der Waals surface area contributed by atoms with Gasteiger partial charge in [0.05, 0.1) is 12.1 Å². The van der Waals surface area contributed by atoms with Crippen molar-refractivity contribution in [2.24, 2.45) is 0 Å². The molecule has 20 heavy (non-hydrogen) atoms. The molecule has 1 aliphatic rings. The van der Waals surface area contributed by atoms with Gasteiger partial charge in [0.2, 0.25) is 0 Å². The molecule has 0 amide bonds. The highest BCUT2D eigenvalue weighted by Gasteiger charge is 2.17. The number of carboxylic acid groups (broad SMARTS) is 1. The molecule has 1 aromatic carbocycles. The van der Waals surface area contributed by atoms with Gasteiger partial charge in [-0.3, -0.25) is 4.90 Å². The summed E-state index contributed by atoms with van der Waals surface area (Å²) in [5.74, 6) is 0.604. The number of ether oxygens (including phenoxy) is 1. The Morgan fingerprint density at radius 3 is 3.00 bits per heavy atom. The summed E-state index contributed by atoms with van der Waals surface area (Å²) in [6.07, 6.45) is 1.28. The van der Waals surface area contributed by atoms with E-state index < -0.39 is 5.97 Å². The molecule has 0 spiro atoms. The summed E-state index contributed by atoms with van der Waals surface area (Å²) in [4.78, 5) is 13.0. The molecule has 104 valence electrons. The van der Waals surface area contributed by atoms with E-state index in [4.69, 9.17) is 14.3 Å². The van der Waals surface area contributed by atoms with E-state index in [1.54, 1.807) is 6.07 Å². The van der Waals surface area contributed by atoms with Crippen LogP contribution in [0.3, 0.4) is 0 Å². The average molecular weight is 273 g/mol. The summed E-state index contributed by atoms with van der Waals surface area (Å²) in [5, 5.41) is 8.89. The highest BCUT2D eigenvalue weighted by atomic mass is 16.5. The van der Waals surface area contributed by atoms with Crippen molar-refractivity contribution in [1.82, 2.24) is 4.90 Å². The second-order valence-electron chi connectivity index (χ2n) is 4.77. The topological polar surface area (TPSA) is 62.9 Å². The Bertz CT molecular complexity index is 620. The number of hydrogen-bond acceptors (Lipinski definition) is 4. The molecular weight excluding hydrogens is 258 g/mol. The largest absolute Gasteiger partial charge is 0.492 e. The quantitative estimate of drug-likeness (QED) is 0.930. The molecule has 0 aliphatic carbocycles. The number of furan rings is 1. The lowest BCUT2D eigenvalue weighted by molar-refractivity contribution is 0.0696. The second-order valence-corrected chi connectivity index (χ2v) is 4.77. The van der Waals surface area contributed by atoms with Gasteiger partial charge in [0, 0.05) is 18.7 Å². The SMILES string of the molecule is O=C(O)c1coc(CN2CCOc3ccccc3C2)c1. The second kappa shape index (κ2) is 5.38. The van der Waals surface area contributed by atoms with Crippen LogP contribution in [0.25, 0.3) is 0 Å². The van der Waals surface area contributed by atoms with Crippen LogP contribution in [0.4, 0.5) is 0 Å². The number of nitrogens with zero attached hydrogens (tertiary/aromatic N) is 1. The van der Waals surface area contributed by atoms with Crippen molar-refractivity contribution in [3.8, 4) is 5.75 Å². The highest BCUT2D eigenvalue weighted by molar-refractivity contribution is 5.87. The molecule has 2 aromatic rings. The zero-order chi connectivity index (χ0) is 13.9. The Morgan fingerprint density at radius 2 is 2.20 bits per heavy atom. The molecule has 0 unspecified atom stereocenters. The Morgan fingerprint density at radius 1 is 1.35 bits per heavy atom. The summed E-state index contributed by atoms with van der Waals surface area (Å²) in [6.45, 7) is 2.73. The predicted octanol–water partition coefficient (Wildman–Crippen LogP) is 2.37. The molecule has 1 aliphatic heterocycles. The van der Waals surface area contributed by atoms with Gasteiger partial charge in [-0.2, -0.15) is 0 Å². The average Bonchev–Trinajstić information content (AvgIpc) is 2.80. The lowest BCUT2D eigenvalue weighted by Crippen LogP contribution is -2.25. The molecule has 0 saturated heterocycles. The van der Waals surface area contributed by atoms with Crippen molar-refractivity contribution >= 4 is 5.97 Å². The Balaban J connectivity index is 1.73. The van der Waals surface area contributed by atoms with E-state index in [0.717, 1.165) is 24.4 Å². The normalized spacial score (nSPS) is 15.2. The third-order valence-electron chi connectivity index (χ3n) is 3.31. The molecule has 1 aromatic heterocycles. The van der Waals surface area contributed by atoms with Gasteiger partial charge in [-0.1, -0.05) is 18.2 Å². The van der Waals surface area contributed by atoms with E-state index in [2.05, 4.69) is 4.90 Å². The molecule has 1 N–H and O–H groups in total. The van der Waals surface area contributed by atoms with Gasteiger partial charge in [-0.05, 0) is 12.1 Å². The first-order valence-corrected chi connectivity index (χ1v) is 6.46. The Labute approximate surface area is 116 Å². The van der Waals surface area contributed by atoms with Crippen LogP contribution in [-0.4, -0.2) is 29.1 Å². The maximum atomic E-state index is 10.8. The fourth-order valence-corrected chi connectivity index (χ4v) is 2.31. The molecule has 0 bridgehead atoms. The summed E-state index contributed by atoms with van der Waals surface area (Å²) in [5.41, 5.74) is 1.32. The molecule has 5 heteroatoms. The predicted molar refractivity (Wildman–Crippen MR) is 71.7 cm³/mol. The zero-order valence-electron chi connectivity index (χ0n) is 10.9. The summed E-state index contributed by atoms with van der Waals surface area (Å²) in [7, 11) is 0. The molecule has 0 radical (unpaired) electrons. The van der Waals surface area contributed by atoms with Crippen molar-refractivity contribution in [2.45, 2.75) is 13.1 Å². The first kappa shape index (κ1) is 12.7. The van der Waals surface area contributed by atoms with E-state index in [1.165, 1.54) is 6.26 Å². The minimum atomic E-state index is -0.968. The van der Waals surface area contributed by atoms with Gasteiger partial charge in [0.15, 0.2) is 0 Å². The lowest BCUT2D eigenvalue weighted by Gasteiger charge is -2.17. The van der Waals surface area contributed by atoms with E-state index in [-0.39, 0.29) is 5.56 Å². The van der Waals surface area contributed by atoms with Crippen LogP contribution >= 0.6 is 0 Å². The number of rotatable bonds is 3. The van der Waals surface area contributed by atoms with Gasteiger partial charge in [0.25, 0.3) is 0 Å². The minimum absolute atomic E-state index is 0.187. The highest BCUT2D eigenvalue weighted by Crippen LogP contribution is 2.23. The molecular formula is C15H15NO4. The van der Waals surface area contributed by atoms with Gasteiger partial charge in [0.1, 0.15) is 24.4 Å². The van der Waals surface area contributed by atoms with Crippen LogP contribution in [0.5, 0.6) is 5.75 Å². The van der Waals surface area contributed by atoms with Gasteiger partial charge < -0.3 is 14.3 Å². The smallest absolute Gasteiger partial charge is 0.338 e. The standard InChI is InChI=1S/C15H15NO4/c17-15(18)12-7-13(20-10-12)9-16-5-6-19-14-4-2-1-3-11(14)8-16/h1-4,7,10H,5-6,8-9H2,(H,17,18). The lowest BCUT2D eigenvalue weighted by atomic mass is 10.2. The fourth-order valence-electron chi connectivity index (χ4n) is 2.31. The number of carbonyl (C=O) groups is 1. The van der Waals surface area contributed by atoms with Gasteiger partial charge in [-0.15, -0.1) is 0 Å². The van der Waals surface area contributed by atoms with Crippen LogP contribution in [0.15, 0.2) is 41.0 Å². The number of aromatic carboxylic acids is 1. The first-order chi connectivity index (χ1) is 9.72. The van der Waals surface area contributed by atoms with Crippen LogP contribution in [0.2, 0.25) is 0 Å².